The Labute approximate surface area is 137 Å². The third kappa shape index (κ3) is 3.68. The molecule has 1 aromatic heterocycles. The van der Waals surface area contributed by atoms with Crippen LogP contribution in [0.3, 0.4) is 0 Å². The predicted molar refractivity (Wildman–Crippen MR) is 88.1 cm³/mol. The molecule has 0 bridgehead atoms. The second kappa shape index (κ2) is 7.06. The third-order valence-corrected chi connectivity index (χ3v) is 4.45. The number of carbonyl (C=O) groups excluding carboxylic acids is 2. The Bertz CT molecular complexity index is 592. The van der Waals surface area contributed by atoms with E-state index in [1.165, 1.54) is 0 Å². The van der Waals surface area contributed by atoms with Crippen LogP contribution in [0.25, 0.3) is 0 Å². The molecule has 0 aliphatic heterocycles. The zero-order valence-electron chi connectivity index (χ0n) is 14.5. The normalized spacial score (nSPS) is 16.7. The summed E-state index contributed by atoms with van der Waals surface area (Å²) in [6.07, 6.45) is 5.02. The highest BCUT2D eigenvalue weighted by Gasteiger charge is 2.42. The number of rotatable bonds is 4. The molecule has 1 fully saturated rings. The third-order valence-electron chi connectivity index (χ3n) is 4.45. The lowest BCUT2D eigenvalue weighted by Gasteiger charge is -2.38. The summed E-state index contributed by atoms with van der Waals surface area (Å²) in [5, 5.41) is 11.2. The van der Waals surface area contributed by atoms with Crippen LogP contribution in [0.5, 0.6) is 0 Å². The van der Waals surface area contributed by atoms with E-state index < -0.39 is 5.54 Å². The number of nitrogens with one attached hydrogen (secondary N) is 1. The topological polar surface area (TPSA) is 75.2 Å². The van der Waals surface area contributed by atoms with Gasteiger partial charge in [0.2, 0.25) is 5.91 Å². The second-order valence-corrected chi connectivity index (χ2v) is 6.50. The molecule has 6 heteroatoms. The van der Waals surface area contributed by atoms with Crippen LogP contribution >= 0.6 is 0 Å². The molecule has 1 N–H and O–H groups in total. The summed E-state index contributed by atoms with van der Waals surface area (Å²) in [7, 11) is 3.47. The lowest BCUT2D eigenvalue weighted by atomic mass is 9.80. The van der Waals surface area contributed by atoms with Crippen molar-refractivity contribution >= 4 is 11.8 Å². The van der Waals surface area contributed by atoms with E-state index in [0.717, 1.165) is 19.3 Å². The van der Waals surface area contributed by atoms with Gasteiger partial charge in [-0.1, -0.05) is 26.2 Å². The Morgan fingerprint density at radius 2 is 1.87 bits per heavy atom. The lowest BCUT2D eigenvalue weighted by molar-refractivity contribution is -0.136. The Morgan fingerprint density at radius 1 is 1.22 bits per heavy atom. The molecule has 1 heterocycles. The minimum absolute atomic E-state index is 0.0256. The number of amides is 2. The van der Waals surface area contributed by atoms with Gasteiger partial charge in [-0.3, -0.25) is 9.59 Å². The number of hydrogen-bond donors (Lipinski definition) is 1. The maximum absolute atomic E-state index is 12.8. The minimum atomic E-state index is -0.791. The van der Waals surface area contributed by atoms with Crippen molar-refractivity contribution in [3.63, 3.8) is 0 Å². The van der Waals surface area contributed by atoms with Gasteiger partial charge in [0.15, 0.2) is 0 Å². The molecular weight excluding hydrogens is 292 g/mol. The molecule has 0 saturated heterocycles. The molecule has 2 rings (SSSR count). The SMILES string of the molecule is CCc1nnc(C)cc1C(=O)NC1(C(=O)N(C)C)CCCCC1. The number of carbonyl (C=O) groups is 2. The van der Waals surface area contributed by atoms with Crippen LogP contribution in [-0.2, 0) is 11.2 Å². The fraction of sp³-hybridized carbons (Fsp3) is 0.647. The molecule has 1 aromatic rings. The largest absolute Gasteiger partial charge is 0.347 e. The van der Waals surface area contributed by atoms with Crippen molar-refractivity contribution in [1.82, 2.24) is 20.4 Å². The van der Waals surface area contributed by atoms with Gasteiger partial charge in [0, 0.05) is 14.1 Å². The number of aryl methyl sites for hydroxylation is 2. The van der Waals surface area contributed by atoms with E-state index in [1.54, 1.807) is 25.1 Å². The first-order valence-electron chi connectivity index (χ1n) is 8.27. The predicted octanol–water partition coefficient (Wildman–Crippen LogP) is 1.87. The summed E-state index contributed by atoms with van der Waals surface area (Å²) in [5.74, 6) is -0.251. The van der Waals surface area contributed by atoms with Crippen LogP contribution < -0.4 is 5.32 Å². The van der Waals surface area contributed by atoms with Gasteiger partial charge in [-0.15, -0.1) is 0 Å². The summed E-state index contributed by atoms with van der Waals surface area (Å²) >= 11 is 0. The van der Waals surface area contributed by atoms with Crippen molar-refractivity contribution in [2.75, 3.05) is 14.1 Å². The summed E-state index contributed by atoms with van der Waals surface area (Å²) < 4.78 is 0. The molecule has 0 atom stereocenters. The standard InChI is InChI=1S/C17H26N4O2/c1-5-14-13(11-12(2)19-20-14)15(22)18-17(16(23)21(3)4)9-7-6-8-10-17/h11H,5-10H2,1-4H3,(H,18,22). The zero-order chi connectivity index (χ0) is 17.0. The number of nitrogens with zero attached hydrogens (tertiary/aromatic N) is 3. The van der Waals surface area contributed by atoms with Gasteiger partial charge in [0.05, 0.1) is 17.0 Å². The van der Waals surface area contributed by atoms with Crippen molar-refractivity contribution in [1.29, 1.82) is 0 Å². The number of likely N-dealkylation sites (N-methyl/N-ethyl adjacent to an activating group) is 1. The summed E-state index contributed by atoms with van der Waals surface area (Å²) in [6, 6.07) is 1.75. The van der Waals surface area contributed by atoms with E-state index in [2.05, 4.69) is 15.5 Å². The van der Waals surface area contributed by atoms with E-state index in [0.29, 0.717) is 36.2 Å². The molecule has 0 spiro atoms. The van der Waals surface area contributed by atoms with E-state index >= 15 is 0 Å². The van der Waals surface area contributed by atoms with E-state index in [4.69, 9.17) is 0 Å². The molecule has 1 aliphatic carbocycles. The Balaban J connectivity index is 2.31. The van der Waals surface area contributed by atoms with Crippen LogP contribution in [0.2, 0.25) is 0 Å². The molecule has 2 amide bonds. The van der Waals surface area contributed by atoms with Crippen molar-refractivity contribution in [2.24, 2.45) is 0 Å². The van der Waals surface area contributed by atoms with Gasteiger partial charge in [-0.2, -0.15) is 10.2 Å². The molecule has 1 saturated carbocycles. The minimum Gasteiger partial charge on any atom is -0.347 e. The van der Waals surface area contributed by atoms with Gasteiger partial charge >= 0.3 is 0 Å². The summed E-state index contributed by atoms with van der Waals surface area (Å²) in [6.45, 7) is 3.75. The highest BCUT2D eigenvalue weighted by Crippen LogP contribution is 2.30. The van der Waals surface area contributed by atoms with E-state index in [-0.39, 0.29) is 11.8 Å². The molecule has 126 valence electrons. The Hall–Kier alpha value is -1.98. The number of aromatic nitrogens is 2. The average molecular weight is 318 g/mol. The molecule has 0 radical (unpaired) electrons. The molecule has 0 unspecified atom stereocenters. The van der Waals surface area contributed by atoms with Gasteiger partial charge in [-0.25, -0.2) is 0 Å². The molecule has 23 heavy (non-hydrogen) atoms. The molecular formula is C17H26N4O2. The second-order valence-electron chi connectivity index (χ2n) is 6.50. The van der Waals surface area contributed by atoms with E-state index in [1.807, 2.05) is 13.8 Å². The monoisotopic (exact) mass is 318 g/mol. The first-order valence-corrected chi connectivity index (χ1v) is 8.27. The first-order chi connectivity index (χ1) is 10.9. The van der Waals surface area contributed by atoms with Crippen LogP contribution in [0.4, 0.5) is 0 Å². The molecule has 0 aromatic carbocycles. The highest BCUT2D eigenvalue weighted by atomic mass is 16.2. The first kappa shape index (κ1) is 17.4. The van der Waals surface area contributed by atoms with E-state index in [9.17, 15) is 9.59 Å². The molecule has 1 aliphatic rings. The van der Waals surface area contributed by atoms with Crippen molar-refractivity contribution < 1.29 is 9.59 Å². The van der Waals surface area contributed by atoms with Crippen LogP contribution in [0.15, 0.2) is 6.07 Å². The lowest BCUT2D eigenvalue weighted by Crippen LogP contribution is -2.59. The smallest absolute Gasteiger partial charge is 0.254 e. The van der Waals surface area contributed by atoms with Crippen LogP contribution in [0, 0.1) is 6.92 Å². The average Bonchev–Trinajstić information content (AvgIpc) is 2.54. The van der Waals surface area contributed by atoms with Crippen LogP contribution in [-0.4, -0.2) is 46.5 Å². The number of hydrogen-bond acceptors (Lipinski definition) is 4. The fourth-order valence-electron chi connectivity index (χ4n) is 3.23. The van der Waals surface area contributed by atoms with Crippen LogP contribution in [0.1, 0.15) is 60.8 Å². The quantitative estimate of drug-likeness (QED) is 0.919. The summed E-state index contributed by atoms with van der Waals surface area (Å²) in [5.41, 5.74) is 1.10. The van der Waals surface area contributed by atoms with Crippen molar-refractivity contribution in [3.05, 3.63) is 23.0 Å². The van der Waals surface area contributed by atoms with Crippen molar-refractivity contribution in [2.45, 2.75) is 57.9 Å². The highest BCUT2D eigenvalue weighted by molar-refractivity contribution is 6.00. The van der Waals surface area contributed by atoms with Gasteiger partial charge in [0.25, 0.3) is 5.91 Å². The van der Waals surface area contributed by atoms with Gasteiger partial charge in [0.1, 0.15) is 5.54 Å². The Kier molecular flexibility index (Phi) is 5.34. The summed E-state index contributed by atoms with van der Waals surface area (Å²) in [4.78, 5) is 27.1. The maximum Gasteiger partial charge on any atom is 0.254 e. The van der Waals surface area contributed by atoms with Crippen molar-refractivity contribution in [3.8, 4) is 0 Å². The van der Waals surface area contributed by atoms with Gasteiger partial charge < -0.3 is 10.2 Å². The van der Waals surface area contributed by atoms with Gasteiger partial charge in [-0.05, 0) is 32.3 Å². The zero-order valence-corrected chi connectivity index (χ0v) is 14.5. The molecule has 6 nitrogen and oxygen atoms in total. The maximum atomic E-state index is 12.8. The Morgan fingerprint density at radius 3 is 2.43 bits per heavy atom. The fourth-order valence-corrected chi connectivity index (χ4v) is 3.23.